The number of benzene rings is 1. The lowest BCUT2D eigenvalue weighted by Gasteiger charge is -2.20. The lowest BCUT2D eigenvalue weighted by atomic mass is 9.99. The molecule has 0 aliphatic carbocycles. The number of anilines is 1. The number of carbonyl (C=O) groups excluding carboxylic acids is 3. The quantitative estimate of drug-likeness (QED) is 0.256. The molecule has 3 heterocycles. The van der Waals surface area contributed by atoms with Crippen molar-refractivity contribution < 1.29 is 28.6 Å². The van der Waals surface area contributed by atoms with E-state index in [4.69, 9.17) is 9.15 Å². The number of Topliss-reactive ketones (excluding diaryl/α,β-unsaturated/α-hetero) is 1. The van der Waals surface area contributed by atoms with Crippen LogP contribution in [-0.4, -0.2) is 34.4 Å². The molecule has 2 aromatic heterocycles. The summed E-state index contributed by atoms with van der Waals surface area (Å²) in [7, 11) is 0. The van der Waals surface area contributed by atoms with Gasteiger partial charge in [0.25, 0.3) is 5.78 Å². The summed E-state index contributed by atoms with van der Waals surface area (Å²) in [6.07, 6.45) is 0. The average Bonchev–Trinajstić information content (AvgIpc) is 3.44. The van der Waals surface area contributed by atoms with Crippen molar-refractivity contribution in [3.63, 3.8) is 0 Å². The van der Waals surface area contributed by atoms with Crippen LogP contribution >= 0.6 is 11.3 Å². The Hall–Kier alpha value is -3.72. The van der Waals surface area contributed by atoms with Crippen LogP contribution in [0.2, 0.25) is 0 Å². The summed E-state index contributed by atoms with van der Waals surface area (Å²) in [4.78, 5) is 44.3. The van der Waals surface area contributed by atoms with Crippen LogP contribution in [0.25, 0.3) is 5.76 Å². The Morgan fingerprint density at radius 2 is 1.85 bits per heavy atom. The zero-order valence-electron chi connectivity index (χ0n) is 18.5. The van der Waals surface area contributed by atoms with Crippen molar-refractivity contribution in [1.29, 1.82) is 0 Å². The number of carbonyl (C=O) groups is 3. The molecule has 3 aromatic rings. The number of nitrogens with zero attached hydrogens (tertiary/aromatic N) is 2. The maximum Gasteiger partial charge on any atom is 0.350 e. The van der Waals surface area contributed by atoms with Gasteiger partial charge in [0, 0.05) is 5.56 Å². The Bertz CT molecular complexity index is 1280. The van der Waals surface area contributed by atoms with Crippen molar-refractivity contribution in [3.8, 4) is 0 Å². The summed E-state index contributed by atoms with van der Waals surface area (Å²) in [6, 6.07) is 9.26. The minimum atomic E-state index is -1.04. The SMILES string of the molecule is CCOC(=O)c1sc(N2C(=O)C(=O)/C(=C(/O)c3ccc(C)cc3)C2c2ccc(C)o2)nc1C. The predicted molar refractivity (Wildman–Crippen MR) is 122 cm³/mol. The number of aliphatic hydroxyl groups excluding tert-OH is 1. The Labute approximate surface area is 194 Å². The van der Waals surface area contributed by atoms with Crippen LogP contribution in [0.3, 0.4) is 0 Å². The number of thiazole rings is 1. The molecule has 1 aromatic carbocycles. The van der Waals surface area contributed by atoms with E-state index in [1.54, 1.807) is 57.2 Å². The topological polar surface area (TPSA) is 110 Å². The molecular formula is C24H22N2O6S. The van der Waals surface area contributed by atoms with E-state index in [0.29, 0.717) is 22.8 Å². The van der Waals surface area contributed by atoms with Gasteiger partial charge in [0.2, 0.25) is 0 Å². The maximum absolute atomic E-state index is 13.2. The third-order valence-corrected chi connectivity index (χ3v) is 6.39. The van der Waals surface area contributed by atoms with Gasteiger partial charge in [0.05, 0.1) is 17.9 Å². The van der Waals surface area contributed by atoms with E-state index < -0.39 is 23.7 Å². The predicted octanol–water partition coefficient (Wildman–Crippen LogP) is 4.46. The molecular weight excluding hydrogens is 444 g/mol. The molecule has 1 aliphatic rings. The molecule has 1 fully saturated rings. The minimum absolute atomic E-state index is 0.108. The lowest BCUT2D eigenvalue weighted by Crippen LogP contribution is -2.29. The largest absolute Gasteiger partial charge is 0.507 e. The van der Waals surface area contributed by atoms with Crippen molar-refractivity contribution in [1.82, 2.24) is 4.98 Å². The minimum Gasteiger partial charge on any atom is -0.507 e. The van der Waals surface area contributed by atoms with Crippen molar-refractivity contribution in [2.24, 2.45) is 0 Å². The Morgan fingerprint density at radius 1 is 1.15 bits per heavy atom. The molecule has 1 aliphatic heterocycles. The number of ketones is 1. The summed E-state index contributed by atoms with van der Waals surface area (Å²) < 4.78 is 10.8. The molecule has 9 heteroatoms. The van der Waals surface area contributed by atoms with Crippen LogP contribution in [0, 0.1) is 20.8 Å². The summed E-state index contributed by atoms with van der Waals surface area (Å²) in [6.45, 7) is 7.15. The zero-order chi connectivity index (χ0) is 23.9. The molecule has 33 heavy (non-hydrogen) atoms. The monoisotopic (exact) mass is 466 g/mol. The summed E-state index contributed by atoms with van der Waals surface area (Å²) >= 11 is 0.949. The highest BCUT2D eigenvalue weighted by Gasteiger charge is 2.49. The first-order valence-corrected chi connectivity index (χ1v) is 11.1. The number of hydrogen-bond donors (Lipinski definition) is 1. The molecule has 4 rings (SSSR count). The normalized spacial score (nSPS) is 17.6. The van der Waals surface area contributed by atoms with Crippen LogP contribution in [0.4, 0.5) is 5.13 Å². The number of aromatic nitrogens is 1. The first-order chi connectivity index (χ1) is 15.7. The Kier molecular flexibility index (Phi) is 5.90. The van der Waals surface area contributed by atoms with Gasteiger partial charge >= 0.3 is 11.9 Å². The number of esters is 1. The van der Waals surface area contributed by atoms with Crippen molar-refractivity contribution in [2.75, 3.05) is 11.5 Å². The number of hydrogen-bond acceptors (Lipinski definition) is 8. The average molecular weight is 467 g/mol. The van der Waals surface area contributed by atoms with Crippen molar-refractivity contribution in [2.45, 2.75) is 33.7 Å². The molecule has 1 amide bonds. The van der Waals surface area contributed by atoms with E-state index in [9.17, 15) is 19.5 Å². The molecule has 0 saturated carbocycles. The second-order valence-electron chi connectivity index (χ2n) is 7.61. The first kappa shape index (κ1) is 22.5. The smallest absolute Gasteiger partial charge is 0.350 e. The molecule has 1 unspecified atom stereocenters. The fraction of sp³-hybridized carbons (Fsp3) is 0.250. The van der Waals surface area contributed by atoms with E-state index in [2.05, 4.69) is 4.98 Å². The molecule has 0 bridgehead atoms. The Morgan fingerprint density at radius 3 is 2.45 bits per heavy atom. The van der Waals surface area contributed by atoms with Crippen LogP contribution in [0.15, 0.2) is 46.4 Å². The maximum atomic E-state index is 13.2. The molecule has 1 saturated heterocycles. The molecule has 1 N–H and O–H groups in total. The zero-order valence-corrected chi connectivity index (χ0v) is 19.4. The first-order valence-electron chi connectivity index (χ1n) is 10.3. The van der Waals surface area contributed by atoms with E-state index in [0.717, 1.165) is 16.9 Å². The molecule has 1 atom stereocenters. The van der Waals surface area contributed by atoms with E-state index in [-0.39, 0.29) is 27.9 Å². The summed E-state index contributed by atoms with van der Waals surface area (Å²) in [5, 5.41) is 11.2. The fourth-order valence-electron chi connectivity index (χ4n) is 3.64. The van der Waals surface area contributed by atoms with Crippen LogP contribution < -0.4 is 4.90 Å². The fourth-order valence-corrected chi connectivity index (χ4v) is 4.62. The highest BCUT2D eigenvalue weighted by molar-refractivity contribution is 7.17. The lowest BCUT2D eigenvalue weighted by molar-refractivity contribution is -0.132. The van der Waals surface area contributed by atoms with Gasteiger partial charge in [-0.15, -0.1) is 0 Å². The standard InChI is InChI=1S/C24H22N2O6S/c1-5-31-23(30)21-14(4)25-24(33-21)26-18(16-11-8-13(3)32-16)17(20(28)22(26)29)19(27)15-9-6-12(2)7-10-15/h6-11,18,27H,5H2,1-4H3/b19-17+. The van der Waals surface area contributed by atoms with Gasteiger partial charge < -0.3 is 14.3 Å². The highest BCUT2D eigenvalue weighted by atomic mass is 32.1. The van der Waals surface area contributed by atoms with Crippen LogP contribution in [0.1, 0.15) is 51.0 Å². The van der Waals surface area contributed by atoms with E-state index in [1.807, 2.05) is 6.92 Å². The van der Waals surface area contributed by atoms with Gasteiger partial charge in [-0.05, 0) is 39.8 Å². The van der Waals surface area contributed by atoms with Gasteiger partial charge in [0.1, 0.15) is 28.2 Å². The third-order valence-electron chi connectivity index (χ3n) is 5.25. The summed E-state index contributed by atoms with van der Waals surface area (Å²) in [5.74, 6) is -1.72. The number of furan rings is 1. The number of ether oxygens (including phenoxy) is 1. The Balaban J connectivity index is 1.89. The highest BCUT2D eigenvalue weighted by Crippen LogP contribution is 2.44. The second-order valence-corrected chi connectivity index (χ2v) is 8.59. The van der Waals surface area contributed by atoms with Gasteiger partial charge in [0.15, 0.2) is 5.13 Å². The van der Waals surface area contributed by atoms with E-state index in [1.165, 1.54) is 4.90 Å². The molecule has 0 radical (unpaired) electrons. The summed E-state index contributed by atoms with van der Waals surface area (Å²) in [5.41, 5.74) is 1.65. The van der Waals surface area contributed by atoms with Crippen LogP contribution in [0.5, 0.6) is 0 Å². The molecule has 8 nitrogen and oxygen atoms in total. The number of rotatable bonds is 5. The third kappa shape index (κ3) is 3.95. The molecule has 0 spiro atoms. The van der Waals surface area contributed by atoms with E-state index >= 15 is 0 Å². The van der Waals surface area contributed by atoms with Gasteiger partial charge in [-0.2, -0.15) is 0 Å². The van der Waals surface area contributed by atoms with Crippen molar-refractivity contribution in [3.05, 3.63) is 75.2 Å². The van der Waals surface area contributed by atoms with Gasteiger partial charge in [-0.25, -0.2) is 9.78 Å². The number of aliphatic hydroxyl groups is 1. The molecule has 170 valence electrons. The number of amides is 1. The number of aryl methyl sites for hydroxylation is 3. The van der Waals surface area contributed by atoms with Gasteiger partial charge in [-0.1, -0.05) is 41.2 Å². The second kappa shape index (κ2) is 8.67. The van der Waals surface area contributed by atoms with Gasteiger partial charge in [-0.3, -0.25) is 14.5 Å². The van der Waals surface area contributed by atoms with Crippen molar-refractivity contribution >= 4 is 39.9 Å². The van der Waals surface area contributed by atoms with Crippen LogP contribution in [-0.2, 0) is 14.3 Å².